The Morgan fingerprint density at radius 1 is 1.00 bits per heavy atom. The number of carbonyl (C=O) groups excluding carboxylic acids is 5. The molecule has 0 spiro atoms. The van der Waals surface area contributed by atoms with Crippen molar-refractivity contribution in [1.29, 1.82) is 0 Å². The van der Waals surface area contributed by atoms with E-state index in [2.05, 4.69) is 10.1 Å². The number of carbonyl (C=O) groups is 5. The van der Waals surface area contributed by atoms with Gasteiger partial charge in [-0.1, -0.05) is 0 Å². The lowest BCUT2D eigenvalue weighted by molar-refractivity contribution is -0.184. The molecule has 0 radical (unpaired) electrons. The molecule has 1 aliphatic rings. The Morgan fingerprint density at radius 2 is 1.59 bits per heavy atom. The molecule has 29 heavy (non-hydrogen) atoms. The molecule has 5 atom stereocenters. The van der Waals surface area contributed by atoms with Gasteiger partial charge in [-0.2, -0.15) is 0 Å². The molecule has 0 aromatic rings. The van der Waals surface area contributed by atoms with Crippen LogP contribution in [-0.4, -0.2) is 67.4 Å². The SMILES string of the molecule is COC(=O)C1=CC(OC(C)=O)[C@@H](NC(C)=O)C([C@H](OC(C)=O)[C@@H](C)OC(C)=O)O1. The third-order valence-electron chi connectivity index (χ3n) is 3.79. The Balaban J connectivity index is 3.45. The fourth-order valence-electron chi connectivity index (χ4n) is 2.84. The first kappa shape index (κ1) is 23.9. The van der Waals surface area contributed by atoms with Gasteiger partial charge >= 0.3 is 23.9 Å². The van der Waals surface area contributed by atoms with Crippen LogP contribution in [0.4, 0.5) is 0 Å². The molecule has 11 nitrogen and oxygen atoms in total. The Morgan fingerprint density at radius 3 is 2.03 bits per heavy atom. The lowest BCUT2D eigenvalue weighted by atomic mass is 9.93. The van der Waals surface area contributed by atoms with Gasteiger partial charge in [0.05, 0.1) is 7.11 Å². The van der Waals surface area contributed by atoms with Crippen molar-refractivity contribution in [2.24, 2.45) is 0 Å². The fourth-order valence-corrected chi connectivity index (χ4v) is 2.84. The molecule has 1 heterocycles. The van der Waals surface area contributed by atoms with E-state index in [4.69, 9.17) is 18.9 Å². The Labute approximate surface area is 167 Å². The van der Waals surface area contributed by atoms with Crippen molar-refractivity contribution in [1.82, 2.24) is 5.32 Å². The maximum atomic E-state index is 12.0. The van der Waals surface area contributed by atoms with Crippen molar-refractivity contribution in [3.05, 3.63) is 11.8 Å². The van der Waals surface area contributed by atoms with Crippen LogP contribution in [-0.2, 0) is 47.7 Å². The van der Waals surface area contributed by atoms with E-state index >= 15 is 0 Å². The van der Waals surface area contributed by atoms with Crippen molar-refractivity contribution in [2.75, 3.05) is 7.11 Å². The van der Waals surface area contributed by atoms with Gasteiger partial charge in [-0.05, 0) is 6.92 Å². The minimum absolute atomic E-state index is 0.322. The topological polar surface area (TPSA) is 144 Å². The number of hydrogen-bond acceptors (Lipinski definition) is 10. The minimum Gasteiger partial charge on any atom is -0.477 e. The number of hydrogen-bond donors (Lipinski definition) is 1. The number of methoxy groups -OCH3 is 1. The van der Waals surface area contributed by atoms with Crippen molar-refractivity contribution in [3.8, 4) is 0 Å². The highest BCUT2D eigenvalue weighted by molar-refractivity contribution is 5.86. The van der Waals surface area contributed by atoms with Crippen LogP contribution in [0.15, 0.2) is 11.8 Å². The van der Waals surface area contributed by atoms with Crippen LogP contribution >= 0.6 is 0 Å². The Kier molecular flexibility index (Phi) is 8.61. The van der Waals surface area contributed by atoms with Crippen molar-refractivity contribution < 1.29 is 47.7 Å². The third-order valence-corrected chi connectivity index (χ3v) is 3.79. The highest BCUT2D eigenvalue weighted by Gasteiger charge is 2.47. The van der Waals surface area contributed by atoms with Crippen LogP contribution in [0.5, 0.6) is 0 Å². The van der Waals surface area contributed by atoms with E-state index in [0.717, 1.165) is 27.9 Å². The summed E-state index contributed by atoms with van der Waals surface area (Å²) in [6.07, 6.45) is -3.49. The van der Waals surface area contributed by atoms with Gasteiger partial charge in [-0.25, -0.2) is 4.79 Å². The molecule has 1 rings (SSSR count). The number of esters is 4. The van der Waals surface area contributed by atoms with Crippen molar-refractivity contribution in [2.45, 2.75) is 65.1 Å². The average Bonchev–Trinajstić information content (AvgIpc) is 2.58. The summed E-state index contributed by atoms with van der Waals surface area (Å²) < 4.78 is 25.9. The van der Waals surface area contributed by atoms with E-state index in [1.807, 2.05) is 0 Å². The van der Waals surface area contributed by atoms with Crippen LogP contribution in [0, 0.1) is 0 Å². The van der Waals surface area contributed by atoms with E-state index in [9.17, 15) is 24.0 Å². The van der Waals surface area contributed by atoms with E-state index in [1.54, 1.807) is 0 Å². The van der Waals surface area contributed by atoms with E-state index < -0.39 is 60.2 Å². The van der Waals surface area contributed by atoms with Crippen LogP contribution in [0.1, 0.15) is 34.6 Å². The summed E-state index contributed by atoms with van der Waals surface area (Å²) in [5, 5.41) is 2.56. The second-order valence-electron chi connectivity index (χ2n) is 6.29. The molecule has 0 bridgehead atoms. The lowest BCUT2D eigenvalue weighted by Gasteiger charge is -2.40. The summed E-state index contributed by atoms with van der Waals surface area (Å²) in [6, 6.07) is -1.06. The standard InChI is InChI=1S/C18H25NO10/c1-8(26-10(3)21)16(28-12(5)23)17-15(19-9(2)20)13(27-11(4)22)7-14(29-17)18(24)25-6/h7-8,13,15-17H,1-6H3,(H,19,20)/t8-,13?,15-,16-,17?/m1/s1. The lowest BCUT2D eigenvalue weighted by Crippen LogP contribution is -2.61. The second-order valence-corrected chi connectivity index (χ2v) is 6.29. The summed E-state index contributed by atoms with van der Waals surface area (Å²) in [4.78, 5) is 58.4. The molecule has 11 heteroatoms. The molecule has 0 aliphatic carbocycles. The normalized spacial score (nSPS) is 22.7. The molecule has 0 aromatic carbocycles. The van der Waals surface area contributed by atoms with Gasteiger partial charge < -0.3 is 29.0 Å². The molecule has 1 aliphatic heterocycles. The summed E-state index contributed by atoms with van der Waals surface area (Å²) in [5.41, 5.74) is 0. The molecule has 1 N–H and O–H groups in total. The molecular formula is C18H25NO10. The maximum Gasteiger partial charge on any atom is 0.373 e. The first-order valence-corrected chi connectivity index (χ1v) is 8.71. The maximum absolute atomic E-state index is 12.0. The summed E-state index contributed by atoms with van der Waals surface area (Å²) in [5.74, 6) is -3.77. The van der Waals surface area contributed by atoms with E-state index in [1.165, 1.54) is 19.9 Å². The number of amides is 1. The number of nitrogens with one attached hydrogen (secondary N) is 1. The Hall–Kier alpha value is -3.11. The van der Waals surface area contributed by atoms with Crippen LogP contribution in [0.2, 0.25) is 0 Å². The minimum atomic E-state index is -1.25. The molecule has 162 valence electrons. The summed E-state index contributed by atoms with van der Waals surface area (Å²) in [6.45, 7) is 6.10. The largest absolute Gasteiger partial charge is 0.477 e. The predicted molar refractivity (Wildman–Crippen MR) is 94.9 cm³/mol. The van der Waals surface area contributed by atoms with Crippen LogP contribution in [0.25, 0.3) is 0 Å². The predicted octanol–water partition coefficient (Wildman–Crippen LogP) is -0.238. The molecule has 1 amide bonds. The average molecular weight is 415 g/mol. The molecule has 0 aromatic heterocycles. The van der Waals surface area contributed by atoms with Gasteiger partial charge in [0.2, 0.25) is 11.7 Å². The smallest absolute Gasteiger partial charge is 0.373 e. The Bertz CT molecular complexity index is 701. The molecule has 0 fully saturated rings. The summed E-state index contributed by atoms with van der Waals surface area (Å²) >= 11 is 0. The van der Waals surface area contributed by atoms with E-state index in [-0.39, 0.29) is 5.76 Å². The van der Waals surface area contributed by atoms with Crippen molar-refractivity contribution in [3.63, 3.8) is 0 Å². The zero-order valence-electron chi connectivity index (χ0n) is 17.0. The van der Waals surface area contributed by atoms with E-state index in [0.29, 0.717) is 0 Å². The quantitative estimate of drug-likeness (QED) is 0.437. The zero-order valence-corrected chi connectivity index (χ0v) is 17.0. The molecule has 0 saturated heterocycles. The van der Waals surface area contributed by atoms with Gasteiger partial charge in [-0.3, -0.25) is 19.2 Å². The van der Waals surface area contributed by atoms with Gasteiger partial charge in [-0.15, -0.1) is 0 Å². The highest BCUT2D eigenvalue weighted by Crippen LogP contribution is 2.27. The summed E-state index contributed by atoms with van der Waals surface area (Å²) in [7, 11) is 1.12. The zero-order chi connectivity index (χ0) is 22.3. The fraction of sp³-hybridized carbons (Fsp3) is 0.611. The first-order valence-electron chi connectivity index (χ1n) is 8.71. The molecule has 0 saturated carbocycles. The van der Waals surface area contributed by atoms with Gasteiger partial charge in [0.25, 0.3) is 0 Å². The monoisotopic (exact) mass is 415 g/mol. The van der Waals surface area contributed by atoms with Gasteiger partial charge in [0.1, 0.15) is 18.2 Å². The number of rotatable bonds is 7. The van der Waals surface area contributed by atoms with Crippen molar-refractivity contribution >= 4 is 29.8 Å². The first-order chi connectivity index (χ1) is 13.5. The molecule has 2 unspecified atom stereocenters. The highest BCUT2D eigenvalue weighted by atomic mass is 16.6. The second kappa shape index (κ2) is 10.4. The third kappa shape index (κ3) is 7.09. The van der Waals surface area contributed by atoms with Crippen LogP contribution in [0.3, 0.4) is 0 Å². The number of ether oxygens (including phenoxy) is 5. The van der Waals surface area contributed by atoms with Crippen LogP contribution < -0.4 is 5.32 Å². The van der Waals surface area contributed by atoms with Gasteiger partial charge in [0.15, 0.2) is 12.2 Å². The molecular weight excluding hydrogens is 390 g/mol. The van der Waals surface area contributed by atoms with Gasteiger partial charge in [0, 0.05) is 33.8 Å².